The highest BCUT2D eigenvalue weighted by molar-refractivity contribution is 6.03. The van der Waals surface area contributed by atoms with Gasteiger partial charge in [0.2, 0.25) is 0 Å². The number of nitrogens with zero attached hydrogens (tertiary/aromatic N) is 1. The summed E-state index contributed by atoms with van der Waals surface area (Å²) in [7, 11) is 0. The summed E-state index contributed by atoms with van der Waals surface area (Å²) in [6, 6.07) is 6.42. The largest absolute Gasteiger partial charge is 0.444 e. The standard InChI is InChI=1S/C25H32FN5O3/c1-14-11-16(9-10-17(14)26)28-22-21-15(13-27-23(21)32)12-20(31-22)29-18-7-5-6-8-19(18)30-24(33)34-25(2,3)4/h9-12,18-19H,5-8,13H2,1-4H3,(H,27,32)(H,30,33)(H2,28,29,31). The predicted molar refractivity (Wildman–Crippen MR) is 129 cm³/mol. The van der Waals surface area contributed by atoms with Gasteiger partial charge >= 0.3 is 6.09 Å². The van der Waals surface area contributed by atoms with Crippen molar-refractivity contribution in [3.05, 3.63) is 46.8 Å². The van der Waals surface area contributed by atoms with Gasteiger partial charge in [0.15, 0.2) is 0 Å². The van der Waals surface area contributed by atoms with Crippen LogP contribution in [0.25, 0.3) is 0 Å². The number of ether oxygens (including phenoxy) is 1. The maximum atomic E-state index is 13.7. The van der Waals surface area contributed by atoms with Gasteiger partial charge < -0.3 is 26.0 Å². The number of nitrogens with one attached hydrogen (secondary N) is 4. The number of halogens is 1. The Morgan fingerprint density at radius 2 is 1.91 bits per heavy atom. The van der Waals surface area contributed by atoms with E-state index in [2.05, 4.69) is 26.3 Å². The number of benzene rings is 1. The van der Waals surface area contributed by atoms with Crippen molar-refractivity contribution < 1.29 is 18.7 Å². The first-order valence-electron chi connectivity index (χ1n) is 11.7. The van der Waals surface area contributed by atoms with Crippen molar-refractivity contribution in [3.63, 3.8) is 0 Å². The summed E-state index contributed by atoms with van der Waals surface area (Å²) in [6.07, 6.45) is 3.33. The van der Waals surface area contributed by atoms with Gasteiger partial charge in [-0.2, -0.15) is 0 Å². The van der Waals surface area contributed by atoms with Crippen LogP contribution in [-0.4, -0.2) is 34.7 Å². The molecular formula is C25H32FN5O3. The van der Waals surface area contributed by atoms with E-state index in [1.54, 1.807) is 19.1 Å². The molecule has 9 heteroatoms. The minimum absolute atomic E-state index is 0.0298. The number of aryl methyl sites for hydroxylation is 1. The zero-order valence-corrected chi connectivity index (χ0v) is 20.0. The molecule has 1 saturated carbocycles. The van der Waals surface area contributed by atoms with Crippen molar-refractivity contribution in [3.8, 4) is 0 Å². The molecule has 0 radical (unpaired) electrons. The molecule has 1 aromatic heterocycles. The fraction of sp³-hybridized carbons (Fsp3) is 0.480. The lowest BCUT2D eigenvalue weighted by Crippen LogP contribution is -2.49. The van der Waals surface area contributed by atoms with E-state index in [1.165, 1.54) is 6.07 Å². The van der Waals surface area contributed by atoms with E-state index >= 15 is 0 Å². The Labute approximate surface area is 199 Å². The second-order valence-corrected chi connectivity index (χ2v) is 9.95. The highest BCUT2D eigenvalue weighted by atomic mass is 19.1. The van der Waals surface area contributed by atoms with Crippen molar-refractivity contribution in [2.75, 3.05) is 10.6 Å². The van der Waals surface area contributed by atoms with Crippen LogP contribution in [0.1, 0.15) is 67.9 Å². The number of rotatable bonds is 5. The number of hydrogen-bond donors (Lipinski definition) is 4. The number of pyridine rings is 1. The van der Waals surface area contributed by atoms with E-state index in [9.17, 15) is 14.0 Å². The quantitative estimate of drug-likeness (QED) is 0.503. The van der Waals surface area contributed by atoms with Crippen LogP contribution in [0.5, 0.6) is 0 Å². The molecule has 2 amide bonds. The molecule has 34 heavy (non-hydrogen) atoms. The molecule has 1 aliphatic heterocycles. The highest BCUT2D eigenvalue weighted by Gasteiger charge is 2.30. The SMILES string of the molecule is Cc1cc(Nc2nc(NC3CCCCC3NC(=O)OC(C)(C)C)cc3c2C(=O)NC3)ccc1F. The molecule has 2 aliphatic rings. The summed E-state index contributed by atoms with van der Waals surface area (Å²) in [4.78, 5) is 29.5. The first-order valence-corrected chi connectivity index (χ1v) is 11.7. The average molecular weight is 470 g/mol. The summed E-state index contributed by atoms with van der Waals surface area (Å²) in [6.45, 7) is 7.61. The normalized spacial score (nSPS) is 19.7. The Hall–Kier alpha value is -3.36. The van der Waals surface area contributed by atoms with Crippen LogP contribution in [0.3, 0.4) is 0 Å². The Kier molecular flexibility index (Phi) is 6.63. The van der Waals surface area contributed by atoms with Crippen LogP contribution >= 0.6 is 0 Å². The smallest absolute Gasteiger partial charge is 0.407 e. The fourth-order valence-electron chi connectivity index (χ4n) is 4.40. The molecule has 0 saturated heterocycles. The monoisotopic (exact) mass is 469 g/mol. The summed E-state index contributed by atoms with van der Waals surface area (Å²) in [5, 5.41) is 12.5. The van der Waals surface area contributed by atoms with Crippen LogP contribution < -0.4 is 21.3 Å². The van der Waals surface area contributed by atoms with Gasteiger partial charge in [-0.25, -0.2) is 14.2 Å². The number of hydrogen-bond acceptors (Lipinski definition) is 6. The van der Waals surface area contributed by atoms with E-state index in [0.29, 0.717) is 35.0 Å². The third-order valence-electron chi connectivity index (χ3n) is 5.99. The highest BCUT2D eigenvalue weighted by Crippen LogP contribution is 2.30. The fourth-order valence-corrected chi connectivity index (χ4v) is 4.40. The van der Waals surface area contributed by atoms with Crippen LogP contribution in [0.4, 0.5) is 26.5 Å². The summed E-state index contributed by atoms with van der Waals surface area (Å²) in [5.74, 6) is 0.531. The Bertz CT molecular complexity index is 1100. The molecule has 4 rings (SSSR count). The molecule has 2 unspecified atom stereocenters. The van der Waals surface area contributed by atoms with E-state index in [-0.39, 0.29) is 23.8 Å². The van der Waals surface area contributed by atoms with Gasteiger partial charge in [-0.15, -0.1) is 0 Å². The molecule has 2 aromatic rings. The van der Waals surface area contributed by atoms with Crippen molar-refractivity contribution in [1.29, 1.82) is 0 Å². The van der Waals surface area contributed by atoms with Crippen molar-refractivity contribution in [2.45, 2.75) is 77.6 Å². The zero-order valence-electron chi connectivity index (χ0n) is 20.0. The maximum absolute atomic E-state index is 13.7. The van der Waals surface area contributed by atoms with Crippen molar-refractivity contribution in [2.24, 2.45) is 0 Å². The lowest BCUT2D eigenvalue weighted by Gasteiger charge is -2.34. The minimum Gasteiger partial charge on any atom is -0.444 e. The number of carbonyl (C=O) groups excluding carboxylic acids is 2. The van der Waals surface area contributed by atoms with Gasteiger partial charge in [0.25, 0.3) is 5.91 Å². The van der Waals surface area contributed by atoms with Crippen LogP contribution in [0, 0.1) is 12.7 Å². The molecule has 0 bridgehead atoms. The number of anilines is 3. The second-order valence-electron chi connectivity index (χ2n) is 9.95. The first kappa shape index (κ1) is 23.8. The van der Waals surface area contributed by atoms with E-state index in [1.807, 2.05) is 26.8 Å². The molecule has 1 aliphatic carbocycles. The summed E-state index contributed by atoms with van der Waals surface area (Å²) >= 11 is 0. The molecule has 0 spiro atoms. The average Bonchev–Trinajstić information content (AvgIpc) is 3.12. The molecule has 2 atom stereocenters. The minimum atomic E-state index is -0.567. The van der Waals surface area contributed by atoms with Crippen molar-refractivity contribution in [1.82, 2.24) is 15.6 Å². The number of alkyl carbamates (subject to hydrolysis) is 1. The molecule has 2 heterocycles. The Morgan fingerprint density at radius 3 is 2.62 bits per heavy atom. The maximum Gasteiger partial charge on any atom is 0.407 e. The number of carbonyl (C=O) groups is 2. The van der Waals surface area contributed by atoms with Gasteiger partial charge in [-0.3, -0.25) is 4.79 Å². The number of amides is 2. The van der Waals surface area contributed by atoms with Crippen LogP contribution in [0.15, 0.2) is 24.3 Å². The molecule has 182 valence electrons. The second kappa shape index (κ2) is 9.48. The molecule has 1 fully saturated rings. The van der Waals surface area contributed by atoms with Gasteiger partial charge in [0.1, 0.15) is 23.1 Å². The molecule has 1 aromatic carbocycles. The van der Waals surface area contributed by atoms with Gasteiger partial charge in [-0.05, 0) is 75.9 Å². The summed E-state index contributed by atoms with van der Waals surface area (Å²) < 4.78 is 19.1. The Balaban J connectivity index is 1.56. The third-order valence-corrected chi connectivity index (χ3v) is 5.99. The van der Waals surface area contributed by atoms with E-state index < -0.39 is 11.7 Å². The topological polar surface area (TPSA) is 104 Å². The van der Waals surface area contributed by atoms with E-state index in [4.69, 9.17) is 4.74 Å². The van der Waals surface area contributed by atoms with E-state index in [0.717, 1.165) is 31.2 Å². The van der Waals surface area contributed by atoms with Crippen molar-refractivity contribution >= 4 is 29.3 Å². The summed E-state index contributed by atoms with van der Waals surface area (Å²) in [5.41, 5.74) is 1.89. The number of fused-ring (bicyclic) bond motifs is 1. The number of aromatic nitrogens is 1. The van der Waals surface area contributed by atoms with Crippen LogP contribution in [-0.2, 0) is 11.3 Å². The predicted octanol–water partition coefficient (Wildman–Crippen LogP) is 4.76. The van der Waals surface area contributed by atoms with Gasteiger partial charge in [0.05, 0.1) is 11.6 Å². The van der Waals surface area contributed by atoms with Gasteiger partial charge in [-0.1, -0.05) is 12.8 Å². The van der Waals surface area contributed by atoms with Gasteiger partial charge in [0, 0.05) is 18.3 Å². The van der Waals surface area contributed by atoms with Crippen LogP contribution in [0.2, 0.25) is 0 Å². The molecular weight excluding hydrogens is 437 g/mol. The first-order chi connectivity index (χ1) is 16.1. The molecule has 4 N–H and O–H groups in total. The zero-order chi connectivity index (χ0) is 24.5. The lowest BCUT2D eigenvalue weighted by molar-refractivity contribution is 0.0488. The third kappa shape index (κ3) is 5.58. The Morgan fingerprint density at radius 1 is 1.18 bits per heavy atom. The molecule has 8 nitrogen and oxygen atoms in total. The lowest BCUT2D eigenvalue weighted by atomic mass is 9.90.